The minimum atomic E-state index is 0.647. The molecule has 0 atom stereocenters. The first-order valence-corrected chi connectivity index (χ1v) is 15.0. The van der Waals surface area contributed by atoms with Gasteiger partial charge in [-0.25, -0.2) is 9.97 Å². The summed E-state index contributed by atoms with van der Waals surface area (Å²) in [6.07, 6.45) is 6.28. The van der Waals surface area contributed by atoms with Crippen molar-refractivity contribution in [1.82, 2.24) is 19.1 Å². The van der Waals surface area contributed by atoms with Crippen LogP contribution in [0.3, 0.4) is 0 Å². The van der Waals surface area contributed by atoms with Gasteiger partial charge in [-0.2, -0.15) is 0 Å². The summed E-state index contributed by atoms with van der Waals surface area (Å²) >= 11 is 0. The van der Waals surface area contributed by atoms with Gasteiger partial charge in [0.2, 0.25) is 5.95 Å². The number of allylic oxidation sites excluding steroid dienone is 4. The van der Waals surface area contributed by atoms with Crippen LogP contribution in [0.1, 0.15) is 19.5 Å². The number of hydrogen-bond donors (Lipinski definition) is 0. The number of rotatable bonds is 5. The molecule has 0 fully saturated rings. The summed E-state index contributed by atoms with van der Waals surface area (Å²) in [6.45, 7) is 4.09. The molecule has 0 aliphatic carbocycles. The molecule has 0 saturated heterocycles. The lowest BCUT2D eigenvalue weighted by Gasteiger charge is -2.14. The predicted molar refractivity (Wildman–Crippen MR) is 185 cm³/mol. The number of nitrogens with zero attached hydrogens (tertiary/aromatic N) is 4. The van der Waals surface area contributed by atoms with Gasteiger partial charge in [0, 0.05) is 32.8 Å². The van der Waals surface area contributed by atoms with Crippen LogP contribution in [0.2, 0.25) is 0 Å². The predicted octanol–water partition coefficient (Wildman–Crippen LogP) is 10.3. The van der Waals surface area contributed by atoms with Gasteiger partial charge in [0.25, 0.3) is 0 Å². The summed E-state index contributed by atoms with van der Waals surface area (Å²) in [5.74, 6) is 0.647. The van der Waals surface area contributed by atoms with Crippen LogP contribution in [0.25, 0.3) is 72.1 Å². The molecule has 210 valence electrons. The molecule has 0 saturated carbocycles. The van der Waals surface area contributed by atoms with E-state index >= 15 is 0 Å². The monoisotopic (exact) mass is 566 g/mol. The molecule has 44 heavy (non-hydrogen) atoms. The molecule has 0 N–H and O–H groups in total. The first-order valence-electron chi connectivity index (χ1n) is 15.0. The highest BCUT2D eigenvalue weighted by atomic mass is 15.2. The molecule has 0 radical (unpaired) electrons. The second-order valence-corrected chi connectivity index (χ2v) is 10.9. The highest BCUT2D eigenvalue weighted by Gasteiger charge is 2.22. The summed E-state index contributed by atoms with van der Waals surface area (Å²) in [7, 11) is 0. The lowest BCUT2D eigenvalue weighted by molar-refractivity contribution is 0.983. The van der Waals surface area contributed by atoms with E-state index in [0.717, 1.165) is 44.8 Å². The third-order valence-corrected chi connectivity index (χ3v) is 8.42. The molecule has 0 aliphatic rings. The number of hydrogen-bond acceptors (Lipinski definition) is 2. The zero-order chi connectivity index (χ0) is 29.6. The summed E-state index contributed by atoms with van der Waals surface area (Å²) in [5.41, 5.74) is 9.47. The van der Waals surface area contributed by atoms with E-state index in [-0.39, 0.29) is 0 Å². The second-order valence-electron chi connectivity index (χ2n) is 10.9. The summed E-state index contributed by atoms with van der Waals surface area (Å²) < 4.78 is 4.66. The van der Waals surface area contributed by atoms with Gasteiger partial charge >= 0.3 is 0 Å². The van der Waals surface area contributed by atoms with E-state index in [4.69, 9.17) is 9.97 Å². The lowest BCUT2D eigenvalue weighted by Crippen LogP contribution is -2.06. The maximum Gasteiger partial charge on any atom is 0.235 e. The average molecular weight is 567 g/mol. The quantitative estimate of drug-likeness (QED) is 0.194. The van der Waals surface area contributed by atoms with Crippen molar-refractivity contribution in [2.75, 3.05) is 0 Å². The van der Waals surface area contributed by atoms with Gasteiger partial charge in [-0.3, -0.25) is 4.57 Å². The van der Waals surface area contributed by atoms with Gasteiger partial charge in [-0.05, 0) is 49.8 Å². The molecular formula is C40H30N4. The standard InChI is InChI=1S/C40H30N4/c1-3-15-27(4-2)34-26-35(28-16-7-5-8-17-28)42-40(41-34)44-37-23-14-12-21-31(37)33-25-24-32-30-20-11-13-22-36(30)43(38(32)39(33)44)29-18-9-6-10-19-29/h3-26H,1-2H3. The van der Waals surface area contributed by atoms with Crippen molar-refractivity contribution in [3.8, 4) is 22.9 Å². The molecule has 4 heteroatoms. The van der Waals surface area contributed by atoms with Gasteiger partial charge in [-0.15, -0.1) is 0 Å². The Morgan fingerprint density at radius 1 is 0.568 bits per heavy atom. The van der Waals surface area contributed by atoms with Crippen molar-refractivity contribution in [1.29, 1.82) is 0 Å². The van der Waals surface area contributed by atoms with Gasteiger partial charge in [-0.1, -0.05) is 115 Å². The first kappa shape index (κ1) is 25.9. The zero-order valence-corrected chi connectivity index (χ0v) is 24.6. The van der Waals surface area contributed by atoms with E-state index in [9.17, 15) is 0 Å². The Morgan fingerprint density at radius 2 is 1.14 bits per heavy atom. The van der Waals surface area contributed by atoms with Gasteiger partial charge in [0.05, 0.1) is 33.5 Å². The van der Waals surface area contributed by atoms with Crippen molar-refractivity contribution in [2.45, 2.75) is 13.8 Å². The Bertz CT molecular complexity index is 2390. The molecule has 4 nitrogen and oxygen atoms in total. The summed E-state index contributed by atoms with van der Waals surface area (Å²) in [6, 6.07) is 44.9. The summed E-state index contributed by atoms with van der Waals surface area (Å²) in [5, 5.41) is 4.75. The third-order valence-electron chi connectivity index (χ3n) is 8.42. The first-order chi connectivity index (χ1) is 21.8. The topological polar surface area (TPSA) is 35.6 Å². The van der Waals surface area contributed by atoms with E-state index in [0.29, 0.717) is 5.95 Å². The van der Waals surface area contributed by atoms with E-state index in [2.05, 4.69) is 156 Å². The van der Waals surface area contributed by atoms with Crippen LogP contribution in [0.4, 0.5) is 0 Å². The third kappa shape index (κ3) is 3.99. The van der Waals surface area contributed by atoms with Crippen molar-refractivity contribution in [3.05, 3.63) is 151 Å². The molecule has 0 aliphatic heterocycles. The van der Waals surface area contributed by atoms with Crippen molar-refractivity contribution >= 4 is 49.2 Å². The Morgan fingerprint density at radius 3 is 1.77 bits per heavy atom. The molecule has 8 aromatic rings. The molecule has 3 aromatic heterocycles. The SMILES string of the molecule is CC=CC(=CC)c1cc(-c2ccccc2)nc(-n2c3ccccc3c3ccc4c5ccccc5n(-c5ccccc5)c4c32)n1. The van der Waals surface area contributed by atoms with E-state index in [1.165, 1.54) is 27.1 Å². The van der Waals surface area contributed by atoms with Crippen LogP contribution < -0.4 is 0 Å². The van der Waals surface area contributed by atoms with E-state index in [1.54, 1.807) is 0 Å². The smallest absolute Gasteiger partial charge is 0.235 e. The molecule has 0 spiro atoms. The minimum Gasteiger partial charge on any atom is -0.307 e. The molecule has 0 unspecified atom stereocenters. The molecule has 0 amide bonds. The normalized spacial score (nSPS) is 12.4. The maximum absolute atomic E-state index is 5.28. The fraction of sp³-hybridized carbons (Fsp3) is 0.0500. The Kier molecular flexibility index (Phi) is 6.20. The fourth-order valence-corrected chi connectivity index (χ4v) is 6.50. The molecule has 8 rings (SSSR count). The zero-order valence-electron chi connectivity index (χ0n) is 24.6. The molecule has 0 bridgehead atoms. The minimum absolute atomic E-state index is 0.647. The molecule has 3 heterocycles. The number of fused-ring (bicyclic) bond motifs is 7. The Balaban J connectivity index is 1.58. The molecule has 5 aromatic carbocycles. The number of aromatic nitrogens is 4. The largest absolute Gasteiger partial charge is 0.307 e. The number of benzene rings is 5. The Hall–Kier alpha value is -5.74. The highest BCUT2D eigenvalue weighted by Crippen LogP contribution is 2.41. The van der Waals surface area contributed by atoms with Gasteiger partial charge in [0.1, 0.15) is 0 Å². The van der Waals surface area contributed by atoms with Crippen molar-refractivity contribution in [3.63, 3.8) is 0 Å². The average Bonchev–Trinajstić information content (AvgIpc) is 3.61. The van der Waals surface area contributed by atoms with E-state index < -0.39 is 0 Å². The van der Waals surface area contributed by atoms with Crippen LogP contribution >= 0.6 is 0 Å². The molecular weight excluding hydrogens is 536 g/mol. The summed E-state index contributed by atoms with van der Waals surface area (Å²) in [4.78, 5) is 10.6. The van der Waals surface area contributed by atoms with Gasteiger partial charge < -0.3 is 4.57 Å². The maximum atomic E-state index is 5.28. The highest BCUT2D eigenvalue weighted by molar-refractivity contribution is 6.23. The van der Waals surface area contributed by atoms with Crippen molar-refractivity contribution in [2.24, 2.45) is 0 Å². The number of para-hydroxylation sites is 3. The fourth-order valence-electron chi connectivity index (χ4n) is 6.50. The lowest BCUT2D eigenvalue weighted by atomic mass is 10.1. The second kappa shape index (κ2) is 10.5. The van der Waals surface area contributed by atoms with E-state index in [1.807, 2.05) is 13.0 Å². The van der Waals surface area contributed by atoms with Gasteiger partial charge in [0.15, 0.2) is 0 Å². The Labute approximate surface area is 255 Å². The van der Waals surface area contributed by atoms with Crippen LogP contribution in [-0.2, 0) is 0 Å². The van der Waals surface area contributed by atoms with Crippen LogP contribution in [0, 0.1) is 0 Å². The van der Waals surface area contributed by atoms with Crippen LogP contribution in [0.5, 0.6) is 0 Å². The van der Waals surface area contributed by atoms with Crippen LogP contribution in [-0.4, -0.2) is 19.1 Å². The van der Waals surface area contributed by atoms with Crippen molar-refractivity contribution < 1.29 is 0 Å². The van der Waals surface area contributed by atoms with Crippen LogP contribution in [0.15, 0.2) is 146 Å².